The Hall–Kier alpha value is -3.98. The molecule has 0 radical (unpaired) electrons. The molecule has 0 unspecified atom stereocenters. The Balaban J connectivity index is 1.49. The minimum absolute atomic E-state index is 0.175. The molecule has 0 saturated carbocycles. The summed E-state index contributed by atoms with van der Waals surface area (Å²) in [5.41, 5.74) is 2.21. The number of hydrogen-bond donors (Lipinski definition) is 1. The highest BCUT2D eigenvalue weighted by Gasteiger charge is 2.25. The van der Waals surface area contributed by atoms with Crippen molar-refractivity contribution < 1.29 is 14.3 Å². The number of anilines is 3. The molecule has 8 nitrogen and oxygen atoms in total. The van der Waals surface area contributed by atoms with E-state index in [1.165, 1.54) is 23.7 Å². The van der Waals surface area contributed by atoms with Crippen LogP contribution in [0.4, 0.5) is 17.2 Å². The molecule has 9 heteroatoms. The average molecular weight is 431 g/mol. The van der Waals surface area contributed by atoms with Gasteiger partial charge in [-0.2, -0.15) is 0 Å². The van der Waals surface area contributed by atoms with E-state index in [1.54, 1.807) is 11.1 Å². The van der Waals surface area contributed by atoms with Gasteiger partial charge in [0.05, 0.1) is 23.1 Å². The van der Waals surface area contributed by atoms with Crippen molar-refractivity contribution in [2.75, 3.05) is 23.4 Å². The summed E-state index contributed by atoms with van der Waals surface area (Å²) in [5.74, 6) is 1.67. The molecule has 2 aromatic heterocycles. The third kappa shape index (κ3) is 3.66. The Kier molecular flexibility index (Phi) is 4.93. The van der Waals surface area contributed by atoms with Crippen molar-refractivity contribution in [3.05, 3.63) is 67.0 Å². The molecule has 0 aliphatic carbocycles. The summed E-state index contributed by atoms with van der Waals surface area (Å²) >= 11 is 1.43. The van der Waals surface area contributed by atoms with E-state index in [0.717, 1.165) is 5.69 Å². The van der Waals surface area contributed by atoms with Crippen LogP contribution in [0, 0.1) is 0 Å². The summed E-state index contributed by atoms with van der Waals surface area (Å²) in [4.78, 5) is 26.8. The molecule has 154 valence electrons. The molecular formula is C22H17N5O3S. The molecule has 0 spiro atoms. The largest absolute Gasteiger partial charge is 0.489 e. The van der Waals surface area contributed by atoms with E-state index in [1.807, 2.05) is 41.8 Å². The van der Waals surface area contributed by atoms with Crippen molar-refractivity contribution in [3.63, 3.8) is 0 Å². The SMILES string of the molecule is C=CC(=O)N1CCOc2c1ccc1ncnc(Nc3ccc(Oc4nccs4)cc3)c21. The van der Waals surface area contributed by atoms with Crippen LogP contribution in [0.3, 0.4) is 0 Å². The molecule has 0 fully saturated rings. The van der Waals surface area contributed by atoms with Crippen LogP contribution in [0.25, 0.3) is 10.9 Å². The molecule has 1 aliphatic heterocycles. The number of aromatic nitrogens is 3. The van der Waals surface area contributed by atoms with Crippen LogP contribution in [0.1, 0.15) is 0 Å². The number of amides is 1. The third-order valence-electron chi connectivity index (χ3n) is 4.76. The molecule has 0 bridgehead atoms. The molecule has 3 heterocycles. The molecule has 0 atom stereocenters. The van der Waals surface area contributed by atoms with Gasteiger partial charge in [-0.25, -0.2) is 15.0 Å². The van der Waals surface area contributed by atoms with Crippen molar-refractivity contribution >= 4 is 45.3 Å². The summed E-state index contributed by atoms with van der Waals surface area (Å²) in [6, 6.07) is 11.2. The number of carbonyl (C=O) groups excluding carboxylic acids is 1. The summed E-state index contributed by atoms with van der Waals surface area (Å²) < 4.78 is 11.6. The lowest BCUT2D eigenvalue weighted by Crippen LogP contribution is -2.36. The predicted molar refractivity (Wildman–Crippen MR) is 119 cm³/mol. The fraction of sp³-hybridized carbons (Fsp3) is 0.0909. The zero-order valence-electron chi connectivity index (χ0n) is 16.3. The molecule has 1 aliphatic rings. The number of carbonyl (C=O) groups is 1. The number of nitrogens with one attached hydrogen (secondary N) is 1. The quantitative estimate of drug-likeness (QED) is 0.464. The van der Waals surface area contributed by atoms with Crippen molar-refractivity contribution in [1.29, 1.82) is 0 Å². The third-order valence-corrected chi connectivity index (χ3v) is 5.41. The van der Waals surface area contributed by atoms with Gasteiger partial charge in [0.2, 0.25) is 0 Å². The monoisotopic (exact) mass is 431 g/mol. The zero-order valence-corrected chi connectivity index (χ0v) is 17.1. The fourth-order valence-electron chi connectivity index (χ4n) is 3.37. The summed E-state index contributed by atoms with van der Waals surface area (Å²) in [7, 11) is 0. The first-order valence-corrected chi connectivity index (χ1v) is 10.4. The first-order valence-electron chi connectivity index (χ1n) is 9.52. The molecule has 0 saturated heterocycles. The maximum absolute atomic E-state index is 12.3. The number of fused-ring (bicyclic) bond motifs is 3. The molecule has 4 aromatic rings. The van der Waals surface area contributed by atoms with E-state index in [9.17, 15) is 4.79 Å². The van der Waals surface area contributed by atoms with Gasteiger partial charge in [0.1, 0.15) is 24.5 Å². The first kappa shape index (κ1) is 19.0. The number of ether oxygens (including phenoxy) is 2. The van der Waals surface area contributed by atoms with Crippen LogP contribution < -0.4 is 19.7 Å². The molecule has 31 heavy (non-hydrogen) atoms. The summed E-state index contributed by atoms with van der Waals surface area (Å²) in [5, 5.41) is 6.48. The molecule has 1 amide bonds. The van der Waals surface area contributed by atoms with Crippen LogP contribution in [-0.4, -0.2) is 34.0 Å². The van der Waals surface area contributed by atoms with Gasteiger partial charge in [0.25, 0.3) is 11.1 Å². The Morgan fingerprint density at radius 1 is 1.19 bits per heavy atom. The standard InChI is InChI=1S/C22H17N5O3S/c1-2-18(28)27-10-11-29-20-17(27)8-7-16-19(20)21(25-13-24-16)26-14-3-5-15(6-4-14)30-22-23-9-12-31-22/h2-9,12-13H,1,10-11H2,(H,24,25,26). The van der Waals surface area contributed by atoms with Gasteiger partial charge in [0.15, 0.2) is 5.75 Å². The van der Waals surface area contributed by atoms with Crippen LogP contribution in [0.2, 0.25) is 0 Å². The van der Waals surface area contributed by atoms with E-state index in [4.69, 9.17) is 9.47 Å². The topological polar surface area (TPSA) is 89.5 Å². The van der Waals surface area contributed by atoms with Crippen LogP contribution in [0.15, 0.2) is 67.0 Å². The lowest BCUT2D eigenvalue weighted by atomic mass is 10.1. The number of hydrogen-bond acceptors (Lipinski definition) is 8. The Bertz CT molecular complexity index is 1260. The smallest absolute Gasteiger partial charge is 0.278 e. The van der Waals surface area contributed by atoms with Gasteiger partial charge in [-0.15, -0.1) is 0 Å². The average Bonchev–Trinajstić information content (AvgIpc) is 3.32. The molecule has 1 N–H and O–H groups in total. The second kappa shape index (κ2) is 8.04. The predicted octanol–water partition coefficient (Wildman–Crippen LogP) is 4.53. The Labute approximate surface area is 181 Å². The van der Waals surface area contributed by atoms with Crippen molar-refractivity contribution in [1.82, 2.24) is 15.0 Å². The van der Waals surface area contributed by atoms with Crippen LogP contribution in [-0.2, 0) is 4.79 Å². The van der Waals surface area contributed by atoms with Crippen molar-refractivity contribution in [2.45, 2.75) is 0 Å². The molecular weight excluding hydrogens is 414 g/mol. The van der Waals surface area contributed by atoms with Crippen molar-refractivity contribution in [2.24, 2.45) is 0 Å². The number of rotatable bonds is 5. The lowest BCUT2D eigenvalue weighted by molar-refractivity contribution is -0.114. The Morgan fingerprint density at radius 2 is 2.06 bits per heavy atom. The van der Waals surface area contributed by atoms with Gasteiger partial charge in [-0.3, -0.25) is 4.79 Å². The second-order valence-corrected chi connectivity index (χ2v) is 7.48. The van der Waals surface area contributed by atoms with E-state index in [0.29, 0.717) is 52.3 Å². The van der Waals surface area contributed by atoms with Gasteiger partial charge in [-0.05, 0) is 42.5 Å². The number of benzene rings is 2. The van der Waals surface area contributed by atoms with Gasteiger partial charge >= 0.3 is 0 Å². The van der Waals surface area contributed by atoms with E-state index in [-0.39, 0.29) is 5.91 Å². The minimum atomic E-state index is -0.175. The van der Waals surface area contributed by atoms with Crippen molar-refractivity contribution in [3.8, 4) is 16.7 Å². The number of thiazole rings is 1. The summed E-state index contributed by atoms with van der Waals surface area (Å²) in [6.45, 7) is 4.43. The van der Waals surface area contributed by atoms with Gasteiger partial charge in [0, 0.05) is 17.3 Å². The highest BCUT2D eigenvalue weighted by atomic mass is 32.1. The minimum Gasteiger partial charge on any atom is -0.489 e. The maximum Gasteiger partial charge on any atom is 0.278 e. The first-order chi connectivity index (χ1) is 15.2. The number of nitrogens with zero attached hydrogens (tertiary/aromatic N) is 4. The van der Waals surface area contributed by atoms with Crippen LogP contribution in [0.5, 0.6) is 16.7 Å². The molecule has 2 aromatic carbocycles. The second-order valence-electron chi connectivity index (χ2n) is 6.62. The van der Waals surface area contributed by atoms with Gasteiger partial charge < -0.3 is 19.7 Å². The Morgan fingerprint density at radius 3 is 2.84 bits per heavy atom. The lowest BCUT2D eigenvalue weighted by Gasteiger charge is -2.29. The van der Waals surface area contributed by atoms with Crippen LogP contribution >= 0.6 is 11.3 Å². The maximum atomic E-state index is 12.3. The van der Waals surface area contributed by atoms with E-state index < -0.39 is 0 Å². The van der Waals surface area contributed by atoms with E-state index >= 15 is 0 Å². The fourth-order valence-corrected chi connectivity index (χ4v) is 3.87. The van der Waals surface area contributed by atoms with E-state index in [2.05, 4.69) is 26.8 Å². The van der Waals surface area contributed by atoms with Gasteiger partial charge in [-0.1, -0.05) is 17.9 Å². The zero-order chi connectivity index (χ0) is 21.2. The highest BCUT2D eigenvalue weighted by Crippen LogP contribution is 2.41. The highest BCUT2D eigenvalue weighted by molar-refractivity contribution is 7.11. The summed E-state index contributed by atoms with van der Waals surface area (Å²) in [6.07, 6.45) is 4.49. The molecule has 5 rings (SSSR count). The normalized spacial score (nSPS) is 12.7.